The van der Waals surface area contributed by atoms with E-state index in [-0.39, 0.29) is 11.3 Å². The number of rotatable bonds is 3. The number of benzene rings is 1. The van der Waals surface area contributed by atoms with Gasteiger partial charge in [0.25, 0.3) is 5.92 Å². The first-order valence-corrected chi connectivity index (χ1v) is 4.00. The molecule has 0 heterocycles. The van der Waals surface area contributed by atoms with Crippen molar-refractivity contribution in [1.82, 2.24) is 0 Å². The van der Waals surface area contributed by atoms with Gasteiger partial charge in [0.2, 0.25) is 0 Å². The lowest BCUT2D eigenvalue weighted by molar-refractivity contribution is 0.0150. The van der Waals surface area contributed by atoms with E-state index in [0.717, 1.165) is 6.92 Å². The molecule has 0 aromatic heterocycles. The smallest absolute Gasteiger partial charge is 0.274 e. The van der Waals surface area contributed by atoms with Gasteiger partial charge in [-0.05, 0) is 12.1 Å². The summed E-state index contributed by atoms with van der Waals surface area (Å²) in [6, 6.07) is 3.82. The fraction of sp³-hybridized carbons (Fsp3) is 0.300. The monoisotopic (exact) mass is 200 g/mol. The molecule has 0 spiro atoms. The molecule has 0 saturated carbocycles. The second kappa shape index (κ2) is 3.74. The molecule has 0 atom stereocenters. The van der Waals surface area contributed by atoms with E-state index in [1.165, 1.54) is 25.3 Å². The Balaban J connectivity index is 3.25. The third-order valence-corrected chi connectivity index (χ3v) is 1.83. The summed E-state index contributed by atoms with van der Waals surface area (Å²) in [6.45, 7) is 0.783. The van der Waals surface area contributed by atoms with Gasteiger partial charge in [0.1, 0.15) is 12.0 Å². The summed E-state index contributed by atoms with van der Waals surface area (Å²) < 4.78 is 30.7. The first-order valence-electron chi connectivity index (χ1n) is 4.00. The molecule has 0 fully saturated rings. The molecule has 0 amide bonds. The number of halogens is 2. The van der Waals surface area contributed by atoms with Gasteiger partial charge in [-0.1, -0.05) is 6.07 Å². The number of ether oxygens (including phenoxy) is 1. The molecular formula is C10H10F2O2. The lowest BCUT2D eigenvalue weighted by Crippen LogP contribution is -2.09. The van der Waals surface area contributed by atoms with Gasteiger partial charge in [-0.25, -0.2) is 8.78 Å². The van der Waals surface area contributed by atoms with Crippen LogP contribution in [0.2, 0.25) is 0 Å². The molecule has 76 valence electrons. The van der Waals surface area contributed by atoms with Gasteiger partial charge in [0, 0.05) is 12.5 Å². The van der Waals surface area contributed by atoms with Crippen molar-refractivity contribution in [2.24, 2.45) is 0 Å². The molecule has 0 saturated heterocycles. The third kappa shape index (κ3) is 2.07. The molecular weight excluding hydrogens is 190 g/mol. The van der Waals surface area contributed by atoms with Crippen LogP contribution in [0, 0.1) is 0 Å². The van der Waals surface area contributed by atoms with Crippen LogP contribution in [-0.4, -0.2) is 13.4 Å². The predicted molar refractivity (Wildman–Crippen MR) is 47.9 cm³/mol. The number of hydrogen-bond acceptors (Lipinski definition) is 2. The van der Waals surface area contributed by atoms with Crippen LogP contribution in [0.4, 0.5) is 8.78 Å². The Bertz CT molecular complexity index is 342. The molecule has 2 nitrogen and oxygen atoms in total. The average molecular weight is 200 g/mol. The molecule has 0 bridgehead atoms. The summed E-state index contributed by atoms with van der Waals surface area (Å²) in [7, 11) is 1.29. The van der Waals surface area contributed by atoms with Crippen molar-refractivity contribution in [2.75, 3.05) is 7.11 Å². The maximum absolute atomic E-state index is 13.0. The second-order valence-corrected chi connectivity index (χ2v) is 2.97. The van der Waals surface area contributed by atoms with Crippen LogP contribution in [0.15, 0.2) is 18.2 Å². The molecule has 0 N–H and O–H groups in total. The van der Waals surface area contributed by atoms with E-state index in [1.54, 1.807) is 0 Å². The van der Waals surface area contributed by atoms with Gasteiger partial charge >= 0.3 is 0 Å². The highest BCUT2D eigenvalue weighted by atomic mass is 19.3. The topological polar surface area (TPSA) is 26.3 Å². The molecule has 0 radical (unpaired) electrons. The van der Waals surface area contributed by atoms with Gasteiger partial charge in [0.15, 0.2) is 0 Å². The number of alkyl halides is 2. The fourth-order valence-corrected chi connectivity index (χ4v) is 1.14. The minimum absolute atomic E-state index is 0.0297. The largest absolute Gasteiger partial charge is 0.496 e. The van der Waals surface area contributed by atoms with Crippen LogP contribution in [0.1, 0.15) is 22.8 Å². The molecule has 0 aliphatic heterocycles. The molecule has 14 heavy (non-hydrogen) atoms. The van der Waals surface area contributed by atoms with E-state index in [9.17, 15) is 13.6 Å². The first kappa shape index (κ1) is 10.6. The van der Waals surface area contributed by atoms with Crippen LogP contribution in [0.5, 0.6) is 5.75 Å². The van der Waals surface area contributed by atoms with E-state index in [1.807, 2.05) is 0 Å². The Kier molecular flexibility index (Phi) is 2.84. The molecule has 1 rings (SSSR count). The molecule has 0 unspecified atom stereocenters. The van der Waals surface area contributed by atoms with E-state index in [4.69, 9.17) is 4.74 Å². The van der Waals surface area contributed by atoms with Gasteiger partial charge < -0.3 is 4.74 Å². The Morgan fingerprint density at radius 1 is 1.43 bits per heavy atom. The van der Waals surface area contributed by atoms with Crippen LogP contribution in [0.3, 0.4) is 0 Å². The summed E-state index contributed by atoms with van der Waals surface area (Å²) in [4.78, 5) is 10.4. The number of aldehydes is 1. The Morgan fingerprint density at radius 2 is 2.07 bits per heavy atom. The number of carbonyl (C=O) groups excluding carboxylic acids is 1. The van der Waals surface area contributed by atoms with Crippen molar-refractivity contribution >= 4 is 6.29 Å². The fourth-order valence-electron chi connectivity index (χ4n) is 1.14. The van der Waals surface area contributed by atoms with Crippen LogP contribution >= 0.6 is 0 Å². The Hall–Kier alpha value is -1.45. The van der Waals surface area contributed by atoms with Crippen LogP contribution < -0.4 is 4.74 Å². The normalized spacial score (nSPS) is 11.1. The number of carbonyl (C=O) groups is 1. The van der Waals surface area contributed by atoms with Crippen molar-refractivity contribution in [3.05, 3.63) is 29.3 Å². The minimum atomic E-state index is -2.97. The van der Waals surface area contributed by atoms with E-state index >= 15 is 0 Å². The standard InChI is InChI=1S/C10H10F2O2/c1-10(11,12)8-4-3-7(6-13)5-9(8)14-2/h3-6H,1-2H3. The highest BCUT2D eigenvalue weighted by molar-refractivity contribution is 5.76. The molecule has 0 aliphatic rings. The quantitative estimate of drug-likeness (QED) is 0.701. The SMILES string of the molecule is COc1cc(C=O)ccc1C(C)(F)F. The van der Waals surface area contributed by atoms with Crippen LogP contribution in [0.25, 0.3) is 0 Å². The summed E-state index contributed by atoms with van der Waals surface area (Å²) >= 11 is 0. The van der Waals surface area contributed by atoms with Gasteiger partial charge in [-0.15, -0.1) is 0 Å². The Labute approximate surface area is 80.5 Å². The van der Waals surface area contributed by atoms with E-state index < -0.39 is 5.92 Å². The van der Waals surface area contributed by atoms with Gasteiger partial charge in [-0.3, -0.25) is 4.79 Å². The number of hydrogen-bond donors (Lipinski definition) is 0. The van der Waals surface area contributed by atoms with Crippen LogP contribution in [-0.2, 0) is 5.92 Å². The Morgan fingerprint density at radius 3 is 2.50 bits per heavy atom. The van der Waals surface area contributed by atoms with E-state index in [2.05, 4.69) is 0 Å². The van der Waals surface area contributed by atoms with Gasteiger partial charge in [-0.2, -0.15) is 0 Å². The minimum Gasteiger partial charge on any atom is -0.496 e. The summed E-state index contributed by atoms with van der Waals surface area (Å²) in [5.74, 6) is -2.94. The van der Waals surface area contributed by atoms with Crippen molar-refractivity contribution in [1.29, 1.82) is 0 Å². The zero-order valence-electron chi connectivity index (χ0n) is 7.88. The number of methoxy groups -OCH3 is 1. The van der Waals surface area contributed by atoms with Crippen molar-refractivity contribution in [2.45, 2.75) is 12.8 Å². The lowest BCUT2D eigenvalue weighted by atomic mass is 10.1. The van der Waals surface area contributed by atoms with Crippen molar-refractivity contribution in [3.8, 4) is 5.75 Å². The maximum Gasteiger partial charge on any atom is 0.274 e. The highest BCUT2D eigenvalue weighted by Gasteiger charge is 2.28. The zero-order valence-corrected chi connectivity index (χ0v) is 7.88. The van der Waals surface area contributed by atoms with Crippen molar-refractivity contribution in [3.63, 3.8) is 0 Å². The molecule has 1 aromatic carbocycles. The summed E-state index contributed by atoms with van der Waals surface area (Å²) in [6.07, 6.45) is 0.583. The summed E-state index contributed by atoms with van der Waals surface area (Å²) in [5.41, 5.74) is 0.0976. The third-order valence-electron chi connectivity index (χ3n) is 1.83. The predicted octanol–water partition coefficient (Wildman–Crippen LogP) is 2.62. The summed E-state index contributed by atoms with van der Waals surface area (Å²) in [5, 5.41) is 0. The average Bonchev–Trinajstić information content (AvgIpc) is 2.15. The highest BCUT2D eigenvalue weighted by Crippen LogP contribution is 2.34. The lowest BCUT2D eigenvalue weighted by Gasteiger charge is -2.14. The first-order chi connectivity index (χ1) is 6.49. The van der Waals surface area contributed by atoms with E-state index in [0.29, 0.717) is 11.8 Å². The van der Waals surface area contributed by atoms with Gasteiger partial charge in [0.05, 0.1) is 12.7 Å². The molecule has 1 aromatic rings. The maximum atomic E-state index is 13.0. The van der Waals surface area contributed by atoms with Crippen molar-refractivity contribution < 1.29 is 18.3 Å². The zero-order chi connectivity index (χ0) is 10.8. The molecule has 0 aliphatic carbocycles. The molecule has 4 heteroatoms. The second-order valence-electron chi connectivity index (χ2n) is 2.97.